The number of nitrogens with zero attached hydrogens (tertiary/aromatic N) is 1. The number of likely N-dealkylation sites (N-methyl/N-ethyl adjacent to an activating group) is 1. The van der Waals surface area contributed by atoms with Crippen LogP contribution >= 0.6 is 11.6 Å². The smallest absolute Gasteiger partial charge is 0.226 e. The van der Waals surface area contributed by atoms with Crippen molar-refractivity contribution >= 4 is 17.5 Å². The summed E-state index contributed by atoms with van der Waals surface area (Å²) >= 11 is 6.02. The van der Waals surface area contributed by atoms with Crippen LogP contribution in [0.4, 0.5) is 4.39 Å². The summed E-state index contributed by atoms with van der Waals surface area (Å²) in [5.41, 5.74) is 6.02. The van der Waals surface area contributed by atoms with E-state index in [4.69, 9.17) is 17.3 Å². The van der Waals surface area contributed by atoms with Crippen molar-refractivity contribution in [3.63, 3.8) is 0 Å². The molecule has 0 radical (unpaired) electrons. The largest absolute Gasteiger partial charge is 0.342 e. The van der Waals surface area contributed by atoms with Gasteiger partial charge in [-0.3, -0.25) is 4.79 Å². The molecule has 104 valence electrons. The van der Waals surface area contributed by atoms with Crippen molar-refractivity contribution in [2.75, 3.05) is 13.6 Å². The van der Waals surface area contributed by atoms with Crippen LogP contribution in [0.1, 0.15) is 24.8 Å². The third-order valence-electron chi connectivity index (χ3n) is 3.83. The quantitative estimate of drug-likeness (QED) is 0.923. The Balaban J connectivity index is 2.11. The van der Waals surface area contributed by atoms with Crippen LogP contribution < -0.4 is 5.73 Å². The Bertz CT molecular complexity index is 474. The molecule has 0 heterocycles. The van der Waals surface area contributed by atoms with E-state index in [1.54, 1.807) is 24.1 Å². The Morgan fingerprint density at radius 3 is 2.89 bits per heavy atom. The van der Waals surface area contributed by atoms with E-state index >= 15 is 0 Å². The van der Waals surface area contributed by atoms with Crippen molar-refractivity contribution in [1.82, 2.24) is 4.90 Å². The summed E-state index contributed by atoms with van der Waals surface area (Å²) in [5.74, 6) is -0.591. The van der Waals surface area contributed by atoms with Gasteiger partial charge in [0.05, 0.1) is 0 Å². The molecular formula is C14H18ClFN2O. The number of hydrogen-bond donors (Lipinski definition) is 1. The molecule has 1 amide bonds. The van der Waals surface area contributed by atoms with Crippen LogP contribution in [0, 0.1) is 11.7 Å². The molecule has 3 unspecified atom stereocenters. The van der Waals surface area contributed by atoms with E-state index in [9.17, 15) is 9.18 Å². The molecule has 3 nitrogen and oxygen atoms in total. The van der Waals surface area contributed by atoms with Crippen molar-refractivity contribution < 1.29 is 9.18 Å². The molecule has 1 saturated carbocycles. The summed E-state index contributed by atoms with van der Waals surface area (Å²) < 4.78 is 13.8. The Morgan fingerprint density at radius 2 is 2.32 bits per heavy atom. The van der Waals surface area contributed by atoms with Crippen LogP contribution in [0.25, 0.3) is 0 Å². The molecule has 3 atom stereocenters. The predicted molar refractivity (Wildman–Crippen MR) is 73.5 cm³/mol. The second-order valence-electron chi connectivity index (χ2n) is 5.12. The molecular weight excluding hydrogens is 267 g/mol. The Labute approximate surface area is 117 Å². The first-order valence-corrected chi connectivity index (χ1v) is 6.75. The molecule has 0 aromatic heterocycles. The van der Waals surface area contributed by atoms with E-state index in [1.807, 2.05) is 6.92 Å². The third-order valence-corrected chi connectivity index (χ3v) is 4.16. The minimum Gasteiger partial charge on any atom is -0.342 e. The highest BCUT2D eigenvalue weighted by Gasteiger charge is 2.47. The Kier molecular flexibility index (Phi) is 4.11. The Hall–Kier alpha value is -1.13. The van der Waals surface area contributed by atoms with Gasteiger partial charge in [0, 0.05) is 42.1 Å². The Morgan fingerprint density at radius 1 is 1.63 bits per heavy atom. The van der Waals surface area contributed by atoms with Crippen LogP contribution in [0.5, 0.6) is 0 Å². The van der Waals surface area contributed by atoms with Gasteiger partial charge in [-0.1, -0.05) is 17.7 Å². The summed E-state index contributed by atoms with van der Waals surface area (Å²) in [4.78, 5) is 13.9. The summed E-state index contributed by atoms with van der Waals surface area (Å²) in [6, 6.07) is 4.60. The highest BCUT2D eigenvalue weighted by Crippen LogP contribution is 2.51. The average molecular weight is 285 g/mol. The predicted octanol–water partition coefficient (Wildman–Crippen LogP) is 2.39. The zero-order valence-corrected chi connectivity index (χ0v) is 11.8. The van der Waals surface area contributed by atoms with Gasteiger partial charge in [-0.25, -0.2) is 4.39 Å². The monoisotopic (exact) mass is 284 g/mol. The summed E-state index contributed by atoms with van der Waals surface area (Å²) in [6.07, 6.45) is 0.654. The maximum atomic E-state index is 13.8. The summed E-state index contributed by atoms with van der Waals surface area (Å²) in [6.45, 7) is 2.31. The van der Waals surface area contributed by atoms with Crippen LogP contribution in [0.3, 0.4) is 0 Å². The number of rotatable bonds is 4. The van der Waals surface area contributed by atoms with E-state index in [-0.39, 0.29) is 29.6 Å². The van der Waals surface area contributed by atoms with Gasteiger partial charge in [0.1, 0.15) is 5.82 Å². The van der Waals surface area contributed by atoms with E-state index in [0.717, 1.165) is 0 Å². The molecule has 2 N–H and O–H groups in total. The van der Waals surface area contributed by atoms with Crippen molar-refractivity contribution in [2.24, 2.45) is 11.7 Å². The van der Waals surface area contributed by atoms with Crippen molar-refractivity contribution in [3.8, 4) is 0 Å². The maximum Gasteiger partial charge on any atom is 0.226 e. The van der Waals surface area contributed by atoms with Crippen LogP contribution in [0.2, 0.25) is 5.02 Å². The lowest BCUT2D eigenvalue weighted by atomic mass is 10.1. The first-order valence-electron chi connectivity index (χ1n) is 6.38. The molecule has 1 fully saturated rings. The number of carbonyl (C=O) groups is 1. The second kappa shape index (κ2) is 5.47. The molecule has 2 rings (SSSR count). The molecule has 1 aliphatic rings. The summed E-state index contributed by atoms with van der Waals surface area (Å²) in [7, 11) is 1.73. The molecule has 5 heteroatoms. The number of benzene rings is 1. The van der Waals surface area contributed by atoms with Crippen molar-refractivity contribution in [2.45, 2.75) is 25.3 Å². The van der Waals surface area contributed by atoms with Gasteiger partial charge in [0.25, 0.3) is 0 Å². The summed E-state index contributed by atoms with van der Waals surface area (Å²) in [5, 5.41) is 0.398. The average Bonchev–Trinajstić information content (AvgIpc) is 3.16. The molecule has 1 aliphatic carbocycles. The number of carbonyl (C=O) groups excluding carboxylic acids is 1. The molecule has 1 aromatic carbocycles. The molecule has 0 bridgehead atoms. The number of amides is 1. The van der Waals surface area contributed by atoms with E-state index < -0.39 is 0 Å². The van der Waals surface area contributed by atoms with Crippen molar-refractivity contribution in [1.29, 1.82) is 0 Å². The van der Waals surface area contributed by atoms with Gasteiger partial charge in [-0.05, 0) is 25.5 Å². The second-order valence-corrected chi connectivity index (χ2v) is 5.53. The lowest BCUT2D eigenvalue weighted by Crippen LogP contribution is -2.40. The molecule has 0 spiro atoms. The van der Waals surface area contributed by atoms with Gasteiger partial charge in [0.15, 0.2) is 0 Å². The van der Waals surface area contributed by atoms with Crippen LogP contribution in [-0.2, 0) is 4.79 Å². The molecule has 0 aliphatic heterocycles. The van der Waals surface area contributed by atoms with Gasteiger partial charge in [-0.2, -0.15) is 0 Å². The van der Waals surface area contributed by atoms with Gasteiger partial charge >= 0.3 is 0 Å². The normalized spacial score (nSPS) is 23.0. The zero-order chi connectivity index (χ0) is 14.2. The van der Waals surface area contributed by atoms with Crippen molar-refractivity contribution in [3.05, 3.63) is 34.6 Å². The van der Waals surface area contributed by atoms with Gasteiger partial charge < -0.3 is 10.6 Å². The minimum absolute atomic E-state index is 0.00941. The molecule has 19 heavy (non-hydrogen) atoms. The molecule has 0 saturated heterocycles. The maximum absolute atomic E-state index is 13.8. The highest BCUT2D eigenvalue weighted by molar-refractivity contribution is 6.31. The zero-order valence-electron chi connectivity index (χ0n) is 11.1. The topological polar surface area (TPSA) is 46.3 Å². The van der Waals surface area contributed by atoms with E-state index in [1.165, 1.54) is 6.07 Å². The SMILES string of the molecule is CC(CN)N(C)C(=O)C1CC1c1c(F)cccc1Cl. The fourth-order valence-corrected chi connectivity index (χ4v) is 2.59. The van der Waals surface area contributed by atoms with Crippen LogP contribution in [0.15, 0.2) is 18.2 Å². The lowest BCUT2D eigenvalue weighted by Gasteiger charge is -2.23. The van der Waals surface area contributed by atoms with Gasteiger partial charge in [0.2, 0.25) is 5.91 Å². The standard InChI is InChI=1S/C14H18ClFN2O/c1-8(7-17)18(2)14(19)10-6-9(10)13-11(15)4-3-5-12(13)16/h3-5,8-10H,6-7,17H2,1-2H3. The fourth-order valence-electron chi connectivity index (χ4n) is 2.29. The fraction of sp³-hybridized carbons (Fsp3) is 0.500. The lowest BCUT2D eigenvalue weighted by molar-refractivity contribution is -0.133. The van der Waals surface area contributed by atoms with Crippen LogP contribution in [-0.4, -0.2) is 30.4 Å². The van der Waals surface area contributed by atoms with E-state index in [2.05, 4.69) is 0 Å². The first kappa shape index (κ1) is 14.3. The first-order chi connectivity index (χ1) is 8.97. The highest BCUT2D eigenvalue weighted by atomic mass is 35.5. The third kappa shape index (κ3) is 2.74. The number of hydrogen-bond acceptors (Lipinski definition) is 2. The van der Waals surface area contributed by atoms with Gasteiger partial charge in [-0.15, -0.1) is 0 Å². The minimum atomic E-state index is -0.331. The number of halogens is 2. The van der Waals surface area contributed by atoms with E-state index in [0.29, 0.717) is 23.6 Å². The molecule has 1 aromatic rings. The number of nitrogens with two attached hydrogens (primary N) is 1.